The highest BCUT2D eigenvalue weighted by Crippen LogP contribution is 2.41. The van der Waals surface area contributed by atoms with Crippen molar-refractivity contribution in [1.82, 2.24) is 0 Å². The van der Waals surface area contributed by atoms with Gasteiger partial charge >= 0.3 is 5.97 Å². The summed E-state index contributed by atoms with van der Waals surface area (Å²) in [5, 5.41) is 0. The molecule has 0 saturated heterocycles. The first-order valence-corrected chi connectivity index (χ1v) is 8.74. The molecule has 0 aliphatic heterocycles. The monoisotopic (exact) mass is 350 g/mol. The Bertz CT molecular complexity index is 823. The zero-order valence-electron chi connectivity index (χ0n) is 15.0. The first-order valence-electron chi connectivity index (χ1n) is 8.74. The molecule has 0 N–H and O–H groups in total. The van der Waals surface area contributed by atoms with Gasteiger partial charge in [0.15, 0.2) is 5.78 Å². The van der Waals surface area contributed by atoms with Gasteiger partial charge in [0.2, 0.25) is 0 Å². The van der Waals surface area contributed by atoms with E-state index in [1.165, 1.54) is 0 Å². The second-order valence-corrected chi connectivity index (χ2v) is 6.25. The van der Waals surface area contributed by atoms with Gasteiger partial charge < -0.3 is 9.47 Å². The summed E-state index contributed by atoms with van der Waals surface area (Å²) in [6.45, 7) is 2.00. The molecule has 2 aromatic carbocycles. The number of benzene rings is 2. The second-order valence-electron chi connectivity index (χ2n) is 6.25. The first-order chi connectivity index (χ1) is 12.6. The van der Waals surface area contributed by atoms with Gasteiger partial charge in [0.25, 0.3) is 0 Å². The van der Waals surface area contributed by atoms with Crippen molar-refractivity contribution < 1.29 is 19.1 Å². The van der Waals surface area contributed by atoms with E-state index in [0.717, 1.165) is 16.7 Å². The summed E-state index contributed by atoms with van der Waals surface area (Å²) >= 11 is 0. The number of allylic oxidation sites excluding steroid dienone is 2. The van der Waals surface area contributed by atoms with Crippen LogP contribution in [0.3, 0.4) is 0 Å². The molecule has 4 nitrogen and oxygen atoms in total. The Labute approximate surface area is 153 Å². The van der Waals surface area contributed by atoms with E-state index >= 15 is 0 Å². The summed E-state index contributed by atoms with van der Waals surface area (Å²) in [4.78, 5) is 25.3. The zero-order chi connectivity index (χ0) is 18.5. The van der Waals surface area contributed by atoms with Crippen molar-refractivity contribution in [1.29, 1.82) is 0 Å². The van der Waals surface area contributed by atoms with E-state index in [-0.39, 0.29) is 18.3 Å². The maximum absolute atomic E-state index is 12.8. The number of esters is 1. The molecule has 0 spiro atoms. The van der Waals surface area contributed by atoms with E-state index in [1.54, 1.807) is 20.1 Å². The highest BCUT2D eigenvalue weighted by molar-refractivity contribution is 6.10. The molecular weight excluding hydrogens is 328 g/mol. The average Bonchev–Trinajstić information content (AvgIpc) is 2.68. The number of methoxy groups -OCH3 is 1. The summed E-state index contributed by atoms with van der Waals surface area (Å²) in [6.07, 6.45) is 2.18. The van der Waals surface area contributed by atoms with Crippen LogP contribution in [0.25, 0.3) is 5.57 Å². The van der Waals surface area contributed by atoms with Gasteiger partial charge in [-0.05, 0) is 48.3 Å². The largest absolute Gasteiger partial charge is 0.497 e. The van der Waals surface area contributed by atoms with Gasteiger partial charge in [-0.2, -0.15) is 0 Å². The molecule has 0 unspecified atom stereocenters. The summed E-state index contributed by atoms with van der Waals surface area (Å²) < 4.78 is 10.5. The van der Waals surface area contributed by atoms with Gasteiger partial charge in [0, 0.05) is 5.92 Å². The van der Waals surface area contributed by atoms with Crippen molar-refractivity contribution in [2.75, 3.05) is 13.7 Å². The van der Waals surface area contributed by atoms with E-state index in [1.807, 2.05) is 54.6 Å². The average molecular weight is 350 g/mol. The van der Waals surface area contributed by atoms with Crippen LogP contribution in [-0.2, 0) is 14.3 Å². The quantitative estimate of drug-likeness (QED) is 0.604. The SMILES string of the molecule is CCOC(=O)[C@@H]1C(=O)C=C(c2ccccc2)C[C@H]1c1cccc(OC)c1. The van der Waals surface area contributed by atoms with Gasteiger partial charge in [0.05, 0.1) is 13.7 Å². The number of carbonyl (C=O) groups excluding carboxylic acids is 2. The molecule has 2 aromatic rings. The topological polar surface area (TPSA) is 52.6 Å². The van der Waals surface area contributed by atoms with E-state index in [0.29, 0.717) is 12.2 Å². The molecule has 0 saturated carbocycles. The predicted molar refractivity (Wildman–Crippen MR) is 99.9 cm³/mol. The maximum atomic E-state index is 12.8. The van der Waals surface area contributed by atoms with Gasteiger partial charge in [-0.3, -0.25) is 9.59 Å². The van der Waals surface area contributed by atoms with E-state index in [4.69, 9.17) is 9.47 Å². The molecule has 0 radical (unpaired) electrons. The third-order valence-electron chi connectivity index (χ3n) is 4.67. The van der Waals surface area contributed by atoms with Crippen LogP contribution in [0.4, 0.5) is 0 Å². The molecule has 3 rings (SSSR count). The van der Waals surface area contributed by atoms with Crippen molar-refractivity contribution in [3.63, 3.8) is 0 Å². The number of hydrogen-bond donors (Lipinski definition) is 0. The van der Waals surface area contributed by atoms with Gasteiger partial charge in [0.1, 0.15) is 11.7 Å². The number of carbonyl (C=O) groups is 2. The van der Waals surface area contributed by atoms with E-state index < -0.39 is 11.9 Å². The Balaban J connectivity index is 2.03. The van der Waals surface area contributed by atoms with Gasteiger partial charge in [-0.1, -0.05) is 42.5 Å². The van der Waals surface area contributed by atoms with Crippen molar-refractivity contribution >= 4 is 17.3 Å². The van der Waals surface area contributed by atoms with E-state index in [2.05, 4.69) is 0 Å². The Hall–Kier alpha value is -2.88. The summed E-state index contributed by atoms with van der Waals surface area (Å²) in [7, 11) is 1.60. The zero-order valence-corrected chi connectivity index (χ0v) is 15.0. The summed E-state index contributed by atoms with van der Waals surface area (Å²) in [6, 6.07) is 17.3. The number of hydrogen-bond acceptors (Lipinski definition) is 4. The predicted octanol–water partition coefficient (Wildman–Crippen LogP) is 4.01. The lowest BCUT2D eigenvalue weighted by atomic mass is 9.73. The van der Waals surface area contributed by atoms with E-state index in [9.17, 15) is 9.59 Å². The lowest BCUT2D eigenvalue weighted by Gasteiger charge is -2.29. The molecule has 0 amide bonds. The van der Waals surface area contributed by atoms with Crippen LogP contribution < -0.4 is 4.74 Å². The lowest BCUT2D eigenvalue weighted by Crippen LogP contribution is -2.34. The minimum Gasteiger partial charge on any atom is -0.497 e. The molecule has 0 fully saturated rings. The molecule has 1 aliphatic rings. The first kappa shape index (κ1) is 17.9. The molecule has 26 heavy (non-hydrogen) atoms. The van der Waals surface area contributed by atoms with Crippen LogP contribution in [0.5, 0.6) is 5.75 Å². The summed E-state index contributed by atoms with van der Waals surface area (Å²) in [5.74, 6) is -1.07. The van der Waals surface area contributed by atoms with Crippen LogP contribution >= 0.6 is 0 Å². The summed E-state index contributed by atoms with van der Waals surface area (Å²) in [5.41, 5.74) is 2.83. The third-order valence-corrected chi connectivity index (χ3v) is 4.67. The van der Waals surface area contributed by atoms with Crippen LogP contribution in [0.2, 0.25) is 0 Å². The van der Waals surface area contributed by atoms with Crippen LogP contribution in [0.15, 0.2) is 60.7 Å². The highest BCUT2D eigenvalue weighted by Gasteiger charge is 2.39. The minimum absolute atomic E-state index is 0.207. The normalized spacial score (nSPS) is 19.6. The van der Waals surface area contributed by atoms with Crippen LogP contribution in [0, 0.1) is 5.92 Å². The number of ketones is 1. The van der Waals surface area contributed by atoms with Gasteiger partial charge in [-0.15, -0.1) is 0 Å². The third kappa shape index (κ3) is 3.69. The van der Waals surface area contributed by atoms with Crippen LogP contribution in [-0.4, -0.2) is 25.5 Å². The molecule has 0 heterocycles. The fourth-order valence-electron chi connectivity index (χ4n) is 3.42. The van der Waals surface area contributed by atoms with Crippen molar-refractivity contribution in [3.8, 4) is 5.75 Å². The number of rotatable bonds is 5. The Morgan fingerprint density at radius 2 is 1.88 bits per heavy atom. The minimum atomic E-state index is -0.825. The van der Waals surface area contributed by atoms with Crippen molar-refractivity contribution in [2.45, 2.75) is 19.3 Å². The Morgan fingerprint density at radius 1 is 1.12 bits per heavy atom. The number of ether oxygens (including phenoxy) is 2. The van der Waals surface area contributed by atoms with Crippen LogP contribution in [0.1, 0.15) is 30.4 Å². The maximum Gasteiger partial charge on any atom is 0.317 e. The Morgan fingerprint density at radius 3 is 2.58 bits per heavy atom. The molecule has 2 atom stereocenters. The van der Waals surface area contributed by atoms with Gasteiger partial charge in [-0.25, -0.2) is 0 Å². The lowest BCUT2D eigenvalue weighted by molar-refractivity contribution is -0.151. The standard InChI is InChI=1S/C22H22O4/c1-3-26-22(24)21-19(16-10-7-11-18(12-16)25-2)13-17(14-20(21)23)15-8-5-4-6-9-15/h4-12,14,19,21H,3,13H2,1-2H3/t19-,21-/m0/s1. The molecular formula is C22H22O4. The molecule has 0 aromatic heterocycles. The van der Waals surface area contributed by atoms with Crippen molar-refractivity contribution in [2.24, 2.45) is 5.92 Å². The molecule has 0 bridgehead atoms. The second kappa shape index (κ2) is 8.00. The van der Waals surface area contributed by atoms with Crippen molar-refractivity contribution in [3.05, 3.63) is 71.8 Å². The Kier molecular flexibility index (Phi) is 5.52. The molecule has 1 aliphatic carbocycles. The fourth-order valence-corrected chi connectivity index (χ4v) is 3.42. The smallest absolute Gasteiger partial charge is 0.317 e. The molecule has 4 heteroatoms. The fraction of sp³-hybridized carbons (Fsp3) is 0.273. The molecule has 134 valence electrons. The highest BCUT2D eigenvalue weighted by atomic mass is 16.5.